The third-order valence-corrected chi connectivity index (χ3v) is 5.20. The molecule has 0 aliphatic carbocycles. The molecule has 3 rings (SSSR count). The van der Waals surface area contributed by atoms with Gasteiger partial charge in [0.05, 0.1) is 10.2 Å². The van der Waals surface area contributed by atoms with Crippen LogP contribution in [0.4, 0.5) is 5.13 Å². The predicted octanol–water partition coefficient (Wildman–Crippen LogP) is 2.57. The highest BCUT2D eigenvalue weighted by molar-refractivity contribution is 7.22. The minimum atomic E-state index is 0.0647. The predicted molar refractivity (Wildman–Crippen MR) is 96.2 cm³/mol. The zero-order valence-electron chi connectivity index (χ0n) is 13.8. The number of nitrogens with one attached hydrogen (secondary N) is 1. The number of piperazine rings is 1. The smallest absolute Gasteiger partial charge is 0.226 e. The van der Waals surface area contributed by atoms with Gasteiger partial charge in [0.2, 0.25) is 5.91 Å². The van der Waals surface area contributed by atoms with E-state index in [1.807, 2.05) is 12.1 Å². The van der Waals surface area contributed by atoms with E-state index in [0.29, 0.717) is 11.6 Å². The summed E-state index contributed by atoms with van der Waals surface area (Å²) in [4.78, 5) is 21.3. The molecule has 5 nitrogen and oxygen atoms in total. The number of likely N-dealkylation sites (N-methyl/N-ethyl adjacent to an activating group) is 1. The van der Waals surface area contributed by atoms with Crippen molar-refractivity contribution in [3.8, 4) is 0 Å². The fraction of sp³-hybridized carbons (Fsp3) is 0.529. The lowest BCUT2D eigenvalue weighted by molar-refractivity contribution is -0.116. The van der Waals surface area contributed by atoms with Crippen molar-refractivity contribution >= 4 is 32.6 Å². The summed E-state index contributed by atoms with van der Waals surface area (Å²) in [6.07, 6.45) is 1.46. The van der Waals surface area contributed by atoms with Gasteiger partial charge < -0.3 is 15.1 Å². The van der Waals surface area contributed by atoms with Crippen molar-refractivity contribution in [2.24, 2.45) is 0 Å². The molecule has 0 spiro atoms. The lowest BCUT2D eigenvalue weighted by Gasteiger charge is -2.32. The Kier molecular flexibility index (Phi) is 5.25. The van der Waals surface area contributed by atoms with Crippen LogP contribution in [0.15, 0.2) is 18.2 Å². The molecule has 1 amide bonds. The average molecular weight is 332 g/mol. The van der Waals surface area contributed by atoms with Gasteiger partial charge in [-0.3, -0.25) is 4.79 Å². The van der Waals surface area contributed by atoms with Crippen LogP contribution >= 0.6 is 11.3 Å². The van der Waals surface area contributed by atoms with E-state index in [1.54, 1.807) is 11.3 Å². The molecule has 2 heterocycles. The van der Waals surface area contributed by atoms with E-state index in [2.05, 4.69) is 40.1 Å². The number of carbonyl (C=O) groups is 1. The molecule has 23 heavy (non-hydrogen) atoms. The molecule has 2 aromatic rings. The zero-order valence-corrected chi connectivity index (χ0v) is 14.7. The number of rotatable bonds is 5. The Hall–Kier alpha value is -1.50. The van der Waals surface area contributed by atoms with Crippen LogP contribution in [0.3, 0.4) is 0 Å². The molecule has 1 aliphatic heterocycles. The van der Waals surface area contributed by atoms with Crippen LogP contribution in [-0.2, 0) is 4.79 Å². The van der Waals surface area contributed by atoms with Crippen molar-refractivity contribution < 1.29 is 4.79 Å². The van der Waals surface area contributed by atoms with Crippen LogP contribution in [0.1, 0.15) is 18.4 Å². The minimum Gasteiger partial charge on any atom is -0.304 e. The molecule has 0 atom stereocenters. The molecule has 1 fully saturated rings. The van der Waals surface area contributed by atoms with E-state index >= 15 is 0 Å². The highest BCUT2D eigenvalue weighted by Gasteiger charge is 2.14. The summed E-state index contributed by atoms with van der Waals surface area (Å²) < 4.78 is 1.12. The number of carbonyl (C=O) groups excluding carboxylic acids is 1. The van der Waals surface area contributed by atoms with Crippen LogP contribution in [0, 0.1) is 6.92 Å². The number of aryl methyl sites for hydroxylation is 1. The molecular weight excluding hydrogens is 308 g/mol. The van der Waals surface area contributed by atoms with Crippen LogP contribution in [0.2, 0.25) is 0 Å². The number of aromatic nitrogens is 1. The number of amides is 1. The van der Waals surface area contributed by atoms with Gasteiger partial charge in [0.1, 0.15) is 0 Å². The fourth-order valence-electron chi connectivity index (χ4n) is 2.80. The number of benzene rings is 1. The molecule has 0 radical (unpaired) electrons. The first kappa shape index (κ1) is 16.4. The molecule has 1 aliphatic rings. The van der Waals surface area contributed by atoms with Crippen molar-refractivity contribution in [2.45, 2.75) is 19.8 Å². The number of hydrogen-bond acceptors (Lipinski definition) is 5. The Bertz CT molecular complexity index is 676. The molecule has 0 bridgehead atoms. The third kappa shape index (κ3) is 4.50. The number of fused-ring (bicyclic) bond motifs is 1. The normalized spacial score (nSPS) is 16.8. The van der Waals surface area contributed by atoms with Gasteiger partial charge in [-0.25, -0.2) is 4.98 Å². The molecule has 0 saturated carbocycles. The molecule has 1 aromatic carbocycles. The number of thiazole rings is 1. The average Bonchev–Trinajstić information content (AvgIpc) is 2.90. The Morgan fingerprint density at radius 3 is 2.87 bits per heavy atom. The van der Waals surface area contributed by atoms with Crippen LogP contribution < -0.4 is 5.32 Å². The van der Waals surface area contributed by atoms with Crippen LogP contribution in [-0.4, -0.2) is 60.5 Å². The molecule has 1 N–H and O–H groups in total. The van der Waals surface area contributed by atoms with E-state index in [0.717, 1.165) is 49.4 Å². The van der Waals surface area contributed by atoms with Gasteiger partial charge in [-0.05, 0) is 44.6 Å². The SMILES string of the molecule is Cc1ccc2nc(NC(=O)CCCN3CCN(C)CC3)sc2c1. The molecule has 124 valence electrons. The van der Waals surface area contributed by atoms with Gasteiger partial charge in [0.15, 0.2) is 5.13 Å². The molecule has 6 heteroatoms. The molecule has 1 saturated heterocycles. The number of hydrogen-bond donors (Lipinski definition) is 1. The third-order valence-electron chi connectivity index (χ3n) is 4.26. The Balaban J connectivity index is 1.45. The van der Waals surface area contributed by atoms with Gasteiger partial charge in [0, 0.05) is 32.6 Å². The lowest BCUT2D eigenvalue weighted by Crippen LogP contribution is -2.44. The molecule has 1 aromatic heterocycles. The van der Waals surface area contributed by atoms with Crippen LogP contribution in [0.5, 0.6) is 0 Å². The highest BCUT2D eigenvalue weighted by Crippen LogP contribution is 2.26. The first-order chi connectivity index (χ1) is 11.1. The van der Waals surface area contributed by atoms with E-state index in [1.165, 1.54) is 5.56 Å². The molecule has 0 unspecified atom stereocenters. The second-order valence-electron chi connectivity index (χ2n) is 6.29. The maximum Gasteiger partial charge on any atom is 0.226 e. The van der Waals surface area contributed by atoms with Gasteiger partial charge >= 0.3 is 0 Å². The maximum absolute atomic E-state index is 12.1. The second kappa shape index (κ2) is 7.38. The van der Waals surface area contributed by atoms with Crippen molar-refractivity contribution in [1.82, 2.24) is 14.8 Å². The van der Waals surface area contributed by atoms with Gasteiger partial charge in [0.25, 0.3) is 0 Å². The van der Waals surface area contributed by atoms with Crippen LogP contribution in [0.25, 0.3) is 10.2 Å². The Labute approximate surface area is 141 Å². The summed E-state index contributed by atoms with van der Waals surface area (Å²) >= 11 is 1.54. The minimum absolute atomic E-state index is 0.0647. The summed E-state index contributed by atoms with van der Waals surface area (Å²) in [5, 5.41) is 3.64. The second-order valence-corrected chi connectivity index (χ2v) is 7.32. The molecular formula is C17H24N4OS. The standard InChI is InChI=1S/C17H24N4OS/c1-13-5-6-14-15(12-13)23-17(18-14)19-16(22)4-3-7-21-10-8-20(2)9-11-21/h5-6,12H,3-4,7-11H2,1-2H3,(H,18,19,22). The Morgan fingerprint density at radius 2 is 2.09 bits per heavy atom. The summed E-state index contributed by atoms with van der Waals surface area (Å²) in [5.41, 5.74) is 2.17. The van der Waals surface area contributed by atoms with Gasteiger partial charge in [-0.15, -0.1) is 0 Å². The summed E-state index contributed by atoms with van der Waals surface area (Å²) in [6, 6.07) is 6.16. The lowest BCUT2D eigenvalue weighted by atomic mass is 10.2. The first-order valence-corrected chi connectivity index (χ1v) is 9.00. The van der Waals surface area contributed by atoms with Gasteiger partial charge in [-0.2, -0.15) is 0 Å². The maximum atomic E-state index is 12.1. The fourth-order valence-corrected chi connectivity index (χ4v) is 3.78. The van der Waals surface area contributed by atoms with E-state index in [9.17, 15) is 4.79 Å². The Morgan fingerprint density at radius 1 is 1.30 bits per heavy atom. The summed E-state index contributed by atoms with van der Waals surface area (Å²) in [5.74, 6) is 0.0647. The summed E-state index contributed by atoms with van der Waals surface area (Å²) in [6.45, 7) is 7.52. The van der Waals surface area contributed by atoms with E-state index in [-0.39, 0.29) is 5.91 Å². The quantitative estimate of drug-likeness (QED) is 0.914. The van der Waals surface area contributed by atoms with E-state index < -0.39 is 0 Å². The monoisotopic (exact) mass is 332 g/mol. The van der Waals surface area contributed by atoms with Crippen molar-refractivity contribution in [3.05, 3.63) is 23.8 Å². The first-order valence-electron chi connectivity index (χ1n) is 8.18. The van der Waals surface area contributed by atoms with Crippen molar-refractivity contribution in [2.75, 3.05) is 45.1 Å². The number of nitrogens with zero attached hydrogens (tertiary/aromatic N) is 3. The van der Waals surface area contributed by atoms with Crippen molar-refractivity contribution in [1.29, 1.82) is 0 Å². The largest absolute Gasteiger partial charge is 0.304 e. The zero-order chi connectivity index (χ0) is 16.2. The topological polar surface area (TPSA) is 48.5 Å². The number of anilines is 1. The highest BCUT2D eigenvalue weighted by atomic mass is 32.1. The summed E-state index contributed by atoms with van der Waals surface area (Å²) in [7, 11) is 2.16. The van der Waals surface area contributed by atoms with Gasteiger partial charge in [-0.1, -0.05) is 17.4 Å². The van der Waals surface area contributed by atoms with Crippen molar-refractivity contribution in [3.63, 3.8) is 0 Å². The van der Waals surface area contributed by atoms with E-state index in [4.69, 9.17) is 0 Å².